The second kappa shape index (κ2) is 7.72. The number of methoxy groups -OCH3 is 1. The summed E-state index contributed by atoms with van der Waals surface area (Å²) < 4.78 is 42.7. The summed E-state index contributed by atoms with van der Waals surface area (Å²) in [7, 11) is 1.60. The van der Waals surface area contributed by atoms with Crippen LogP contribution in [-0.4, -0.2) is 31.8 Å². The number of amides is 1. The van der Waals surface area contributed by atoms with E-state index in [1.54, 1.807) is 7.11 Å². The SMILES string of the molecule is COCCCCC(=O)N[C@H]1CCC[C@@H](C(F)(F)F)C1. The zero-order valence-corrected chi connectivity index (χ0v) is 11.3. The molecular formula is C13H22F3NO2. The maximum atomic E-state index is 12.6. The van der Waals surface area contributed by atoms with E-state index in [9.17, 15) is 18.0 Å². The van der Waals surface area contributed by atoms with Crippen molar-refractivity contribution in [3.05, 3.63) is 0 Å². The Bertz CT molecular complexity index is 282. The van der Waals surface area contributed by atoms with E-state index in [-0.39, 0.29) is 24.8 Å². The average Bonchev–Trinajstić information content (AvgIpc) is 2.34. The van der Waals surface area contributed by atoms with Gasteiger partial charge in [0.25, 0.3) is 0 Å². The fourth-order valence-corrected chi connectivity index (χ4v) is 2.45. The van der Waals surface area contributed by atoms with Crippen molar-refractivity contribution < 1.29 is 22.7 Å². The van der Waals surface area contributed by atoms with Gasteiger partial charge in [-0.2, -0.15) is 13.2 Å². The molecular weight excluding hydrogens is 259 g/mol. The van der Waals surface area contributed by atoms with Crippen LogP contribution in [0.25, 0.3) is 0 Å². The fraction of sp³-hybridized carbons (Fsp3) is 0.923. The van der Waals surface area contributed by atoms with E-state index in [0.29, 0.717) is 32.3 Å². The number of carbonyl (C=O) groups is 1. The van der Waals surface area contributed by atoms with Crippen LogP contribution >= 0.6 is 0 Å². The molecule has 1 N–H and O–H groups in total. The van der Waals surface area contributed by atoms with Crippen LogP contribution in [0.4, 0.5) is 13.2 Å². The molecule has 0 heterocycles. The lowest BCUT2D eigenvalue weighted by Crippen LogP contribution is -2.41. The molecule has 19 heavy (non-hydrogen) atoms. The minimum atomic E-state index is -4.14. The van der Waals surface area contributed by atoms with Crippen molar-refractivity contribution >= 4 is 5.91 Å². The lowest BCUT2D eigenvalue weighted by atomic mass is 9.85. The Balaban J connectivity index is 2.26. The first kappa shape index (κ1) is 16.3. The Hall–Kier alpha value is -0.780. The van der Waals surface area contributed by atoms with Crippen molar-refractivity contribution in [2.45, 2.75) is 57.2 Å². The molecule has 1 aliphatic carbocycles. The van der Waals surface area contributed by atoms with Gasteiger partial charge in [0.05, 0.1) is 5.92 Å². The first-order valence-electron chi connectivity index (χ1n) is 6.78. The molecule has 1 rings (SSSR count). The van der Waals surface area contributed by atoms with E-state index >= 15 is 0 Å². The highest BCUT2D eigenvalue weighted by molar-refractivity contribution is 5.76. The maximum absolute atomic E-state index is 12.6. The zero-order valence-electron chi connectivity index (χ0n) is 11.3. The van der Waals surface area contributed by atoms with Crippen LogP contribution in [0, 0.1) is 5.92 Å². The first-order chi connectivity index (χ1) is 8.93. The van der Waals surface area contributed by atoms with Crippen molar-refractivity contribution in [1.82, 2.24) is 5.32 Å². The summed E-state index contributed by atoms with van der Waals surface area (Å²) in [4.78, 5) is 11.6. The van der Waals surface area contributed by atoms with Crippen molar-refractivity contribution in [3.63, 3.8) is 0 Å². The number of ether oxygens (including phenoxy) is 1. The van der Waals surface area contributed by atoms with Crippen LogP contribution in [0.2, 0.25) is 0 Å². The highest BCUT2D eigenvalue weighted by Crippen LogP contribution is 2.37. The number of hydrogen-bond acceptors (Lipinski definition) is 2. The average molecular weight is 281 g/mol. The summed E-state index contributed by atoms with van der Waals surface area (Å²) in [6.45, 7) is 0.604. The van der Waals surface area contributed by atoms with Crippen molar-refractivity contribution in [2.75, 3.05) is 13.7 Å². The Kier molecular flexibility index (Phi) is 6.62. The van der Waals surface area contributed by atoms with Crippen molar-refractivity contribution in [3.8, 4) is 0 Å². The smallest absolute Gasteiger partial charge is 0.385 e. The monoisotopic (exact) mass is 281 g/mol. The zero-order chi connectivity index (χ0) is 14.3. The summed E-state index contributed by atoms with van der Waals surface area (Å²) in [6, 6.07) is -0.324. The Morgan fingerprint density at radius 3 is 2.68 bits per heavy atom. The lowest BCUT2D eigenvalue weighted by molar-refractivity contribution is -0.184. The third-order valence-corrected chi connectivity index (χ3v) is 3.50. The van der Waals surface area contributed by atoms with Crippen LogP contribution in [0.1, 0.15) is 44.9 Å². The number of carbonyl (C=O) groups excluding carboxylic acids is 1. The van der Waals surface area contributed by atoms with Gasteiger partial charge in [-0.1, -0.05) is 6.42 Å². The molecule has 0 bridgehead atoms. The molecule has 6 heteroatoms. The van der Waals surface area contributed by atoms with Gasteiger partial charge in [0.2, 0.25) is 5.91 Å². The van der Waals surface area contributed by atoms with E-state index in [0.717, 1.165) is 6.42 Å². The van der Waals surface area contributed by atoms with Gasteiger partial charge in [-0.05, 0) is 32.1 Å². The molecule has 0 aliphatic heterocycles. The second-order valence-corrected chi connectivity index (χ2v) is 5.12. The minimum Gasteiger partial charge on any atom is -0.385 e. The van der Waals surface area contributed by atoms with Crippen LogP contribution in [0.15, 0.2) is 0 Å². The van der Waals surface area contributed by atoms with Gasteiger partial charge in [0, 0.05) is 26.2 Å². The van der Waals surface area contributed by atoms with E-state index < -0.39 is 12.1 Å². The van der Waals surface area contributed by atoms with E-state index in [4.69, 9.17) is 4.74 Å². The van der Waals surface area contributed by atoms with Gasteiger partial charge < -0.3 is 10.1 Å². The molecule has 112 valence electrons. The summed E-state index contributed by atoms with van der Waals surface area (Å²) in [6.07, 6.45) is -0.903. The van der Waals surface area contributed by atoms with Crippen molar-refractivity contribution in [2.24, 2.45) is 5.92 Å². The first-order valence-corrected chi connectivity index (χ1v) is 6.78. The number of alkyl halides is 3. The predicted molar refractivity (Wildman–Crippen MR) is 65.7 cm³/mol. The normalized spacial score (nSPS) is 24.2. The van der Waals surface area contributed by atoms with Gasteiger partial charge in [0.15, 0.2) is 0 Å². The van der Waals surface area contributed by atoms with Gasteiger partial charge in [-0.25, -0.2) is 0 Å². The van der Waals surface area contributed by atoms with Crippen LogP contribution < -0.4 is 5.32 Å². The molecule has 3 nitrogen and oxygen atoms in total. The topological polar surface area (TPSA) is 38.3 Å². The third kappa shape index (κ3) is 6.27. The molecule has 1 fully saturated rings. The van der Waals surface area contributed by atoms with E-state index in [1.807, 2.05) is 0 Å². The number of unbranched alkanes of at least 4 members (excludes halogenated alkanes) is 1. The fourth-order valence-electron chi connectivity index (χ4n) is 2.45. The summed E-state index contributed by atoms with van der Waals surface area (Å²) in [5.74, 6) is -1.41. The maximum Gasteiger partial charge on any atom is 0.391 e. The number of hydrogen-bond donors (Lipinski definition) is 1. The molecule has 0 unspecified atom stereocenters. The molecule has 2 atom stereocenters. The van der Waals surface area contributed by atoms with Gasteiger partial charge in [0.1, 0.15) is 0 Å². The molecule has 0 aromatic carbocycles. The molecule has 0 saturated heterocycles. The lowest BCUT2D eigenvalue weighted by Gasteiger charge is -2.31. The Morgan fingerprint density at radius 2 is 2.05 bits per heavy atom. The quantitative estimate of drug-likeness (QED) is 0.760. The van der Waals surface area contributed by atoms with Crippen molar-refractivity contribution in [1.29, 1.82) is 0 Å². The van der Waals surface area contributed by atoms with Gasteiger partial charge >= 0.3 is 6.18 Å². The summed E-state index contributed by atoms with van der Waals surface area (Å²) in [5.41, 5.74) is 0. The molecule has 0 spiro atoms. The molecule has 1 aliphatic rings. The predicted octanol–water partition coefficient (Wildman–Crippen LogP) is 3.04. The molecule has 0 aromatic rings. The highest BCUT2D eigenvalue weighted by atomic mass is 19.4. The van der Waals surface area contributed by atoms with Crippen LogP contribution in [-0.2, 0) is 9.53 Å². The molecule has 1 amide bonds. The number of rotatable bonds is 6. The third-order valence-electron chi connectivity index (χ3n) is 3.50. The molecule has 1 saturated carbocycles. The van der Waals surface area contributed by atoms with Gasteiger partial charge in [-0.15, -0.1) is 0 Å². The Labute approximate surface area is 111 Å². The van der Waals surface area contributed by atoms with E-state index in [2.05, 4.69) is 5.32 Å². The summed E-state index contributed by atoms with van der Waals surface area (Å²) in [5, 5.41) is 2.72. The summed E-state index contributed by atoms with van der Waals surface area (Å²) >= 11 is 0. The minimum absolute atomic E-state index is 0.0211. The van der Waals surface area contributed by atoms with Crippen LogP contribution in [0.3, 0.4) is 0 Å². The van der Waals surface area contributed by atoms with E-state index in [1.165, 1.54) is 0 Å². The largest absolute Gasteiger partial charge is 0.391 e. The second-order valence-electron chi connectivity index (χ2n) is 5.12. The number of nitrogens with one attached hydrogen (secondary N) is 1. The Morgan fingerprint density at radius 1 is 1.32 bits per heavy atom. The van der Waals surface area contributed by atoms with Gasteiger partial charge in [-0.3, -0.25) is 4.79 Å². The highest BCUT2D eigenvalue weighted by Gasteiger charge is 2.42. The number of halogens is 3. The van der Waals surface area contributed by atoms with Crippen LogP contribution in [0.5, 0.6) is 0 Å². The standard InChI is InChI=1S/C13H22F3NO2/c1-19-8-3-2-7-12(18)17-11-6-4-5-10(9-11)13(14,15)16/h10-11H,2-9H2,1H3,(H,17,18)/t10-,11+/m1/s1. The molecule has 0 radical (unpaired) electrons. The molecule has 0 aromatic heterocycles.